The summed E-state index contributed by atoms with van der Waals surface area (Å²) >= 11 is 0. The average molecular weight is 439 g/mol. The average Bonchev–Trinajstić information content (AvgIpc) is 3.16. The van der Waals surface area contributed by atoms with Crippen LogP contribution in [0.2, 0.25) is 0 Å². The van der Waals surface area contributed by atoms with Gasteiger partial charge in [0.25, 0.3) is 0 Å². The fourth-order valence-corrected chi connectivity index (χ4v) is 4.75. The molecule has 2 heterocycles. The summed E-state index contributed by atoms with van der Waals surface area (Å²) in [4.78, 5) is 28.0. The smallest absolute Gasteiger partial charge is 0.245 e. The number of halogens is 1. The van der Waals surface area contributed by atoms with Crippen LogP contribution in [0.4, 0.5) is 4.39 Å². The van der Waals surface area contributed by atoms with Crippen molar-refractivity contribution < 1.29 is 18.7 Å². The number of ether oxygens (including phenoxy) is 1. The third kappa shape index (κ3) is 4.79. The quantitative estimate of drug-likeness (QED) is 0.660. The molecule has 1 unspecified atom stereocenters. The van der Waals surface area contributed by atoms with E-state index >= 15 is 0 Å². The van der Waals surface area contributed by atoms with Crippen LogP contribution >= 0.6 is 0 Å². The summed E-state index contributed by atoms with van der Waals surface area (Å²) in [5.74, 6) is 0.786. The molecular formula is C26H31FN2O3. The SMILES string of the molecule is CCC(C)C(=O)N[C@H]1CCC[C@H]2CC[C@@H](c3cccc(Oc4ccc(F)cc4)c3)N2C1=O. The maximum absolute atomic E-state index is 13.5. The minimum atomic E-state index is -0.458. The summed E-state index contributed by atoms with van der Waals surface area (Å²) in [7, 11) is 0. The lowest BCUT2D eigenvalue weighted by atomic mass is 10.0. The first-order chi connectivity index (χ1) is 15.5. The number of fused-ring (bicyclic) bond motifs is 1. The second-order valence-electron chi connectivity index (χ2n) is 8.92. The lowest BCUT2D eigenvalue weighted by molar-refractivity contribution is -0.139. The number of carbonyl (C=O) groups excluding carboxylic acids is 2. The number of nitrogens with one attached hydrogen (secondary N) is 1. The Bertz CT molecular complexity index is 962. The van der Waals surface area contributed by atoms with Gasteiger partial charge in [-0.2, -0.15) is 0 Å². The summed E-state index contributed by atoms with van der Waals surface area (Å²) in [5, 5.41) is 3.01. The highest BCUT2D eigenvalue weighted by atomic mass is 19.1. The molecule has 0 saturated carbocycles. The van der Waals surface area contributed by atoms with Gasteiger partial charge in [0.1, 0.15) is 23.4 Å². The number of nitrogens with zero attached hydrogens (tertiary/aromatic N) is 1. The van der Waals surface area contributed by atoms with Gasteiger partial charge in [0.2, 0.25) is 11.8 Å². The highest BCUT2D eigenvalue weighted by Gasteiger charge is 2.42. The molecular weight excluding hydrogens is 407 g/mol. The molecule has 2 aromatic rings. The van der Waals surface area contributed by atoms with Crippen LogP contribution in [0.25, 0.3) is 0 Å². The molecule has 0 bridgehead atoms. The lowest BCUT2D eigenvalue weighted by Gasteiger charge is -2.32. The topological polar surface area (TPSA) is 58.6 Å². The molecule has 0 aromatic heterocycles. The van der Waals surface area contributed by atoms with E-state index in [0.29, 0.717) is 17.9 Å². The molecule has 0 radical (unpaired) electrons. The summed E-state index contributed by atoms with van der Waals surface area (Å²) in [5.41, 5.74) is 1.02. The summed E-state index contributed by atoms with van der Waals surface area (Å²) < 4.78 is 19.1. The second-order valence-corrected chi connectivity index (χ2v) is 8.92. The van der Waals surface area contributed by atoms with Gasteiger partial charge in [-0.3, -0.25) is 9.59 Å². The first-order valence-electron chi connectivity index (χ1n) is 11.6. The van der Waals surface area contributed by atoms with Gasteiger partial charge in [-0.25, -0.2) is 4.39 Å². The van der Waals surface area contributed by atoms with Crippen LogP contribution in [0, 0.1) is 11.7 Å². The molecule has 1 N–H and O–H groups in total. The third-order valence-electron chi connectivity index (χ3n) is 6.75. The number of benzene rings is 2. The van der Waals surface area contributed by atoms with Crippen molar-refractivity contribution in [1.82, 2.24) is 10.2 Å². The standard InChI is InChI=1S/C26H31FN2O3/c1-3-17(2)25(30)28-23-9-5-7-20-12-15-24(29(20)26(23)31)18-6-4-8-22(16-18)32-21-13-10-19(27)11-14-21/h4,6,8,10-11,13-14,16-17,20,23-24H,3,5,7,9,12,15H2,1-2H3,(H,28,30)/t17?,20-,23-,24-/m0/s1. The van der Waals surface area contributed by atoms with E-state index in [1.807, 2.05) is 43.0 Å². The number of amides is 2. The van der Waals surface area contributed by atoms with Gasteiger partial charge in [0.15, 0.2) is 0 Å². The van der Waals surface area contributed by atoms with Crippen molar-refractivity contribution in [2.24, 2.45) is 5.92 Å². The van der Waals surface area contributed by atoms with Gasteiger partial charge in [0, 0.05) is 12.0 Å². The molecule has 2 saturated heterocycles. The number of hydrogen-bond donors (Lipinski definition) is 1. The van der Waals surface area contributed by atoms with Gasteiger partial charge in [-0.05, 0) is 80.5 Å². The predicted octanol–water partition coefficient (Wildman–Crippen LogP) is 5.36. The fourth-order valence-electron chi connectivity index (χ4n) is 4.75. The summed E-state index contributed by atoms with van der Waals surface area (Å²) in [6, 6.07) is 13.4. The van der Waals surface area contributed by atoms with Crippen molar-refractivity contribution in [3.63, 3.8) is 0 Å². The molecule has 2 amide bonds. The zero-order valence-corrected chi connectivity index (χ0v) is 18.7. The normalized spacial score (nSPS) is 23.9. The van der Waals surface area contributed by atoms with Crippen molar-refractivity contribution in [2.75, 3.05) is 0 Å². The first kappa shape index (κ1) is 22.3. The number of hydrogen-bond acceptors (Lipinski definition) is 3. The van der Waals surface area contributed by atoms with Gasteiger partial charge in [-0.1, -0.05) is 26.0 Å². The zero-order chi connectivity index (χ0) is 22.7. The van der Waals surface area contributed by atoms with Crippen LogP contribution in [0.1, 0.15) is 64.0 Å². The van der Waals surface area contributed by atoms with E-state index in [1.54, 1.807) is 12.1 Å². The Morgan fingerprint density at radius 2 is 1.91 bits per heavy atom. The Morgan fingerprint density at radius 1 is 1.12 bits per heavy atom. The van der Waals surface area contributed by atoms with Crippen LogP contribution in [0.15, 0.2) is 48.5 Å². The van der Waals surface area contributed by atoms with Crippen LogP contribution < -0.4 is 10.1 Å². The van der Waals surface area contributed by atoms with Gasteiger partial charge < -0.3 is 15.0 Å². The molecule has 5 nitrogen and oxygen atoms in total. The Balaban J connectivity index is 1.53. The summed E-state index contributed by atoms with van der Waals surface area (Å²) in [6.45, 7) is 3.87. The monoisotopic (exact) mass is 438 g/mol. The minimum Gasteiger partial charge on any atom is -0.457 e. The zero-order valence-electron chi connectivity index (χ0n) is 18.7. The molecule has 0 aliphatic carbocycles. The van der Waals surface area contributed by atoms with Crippen molar-refractivity contribution in [3.8, 4) is 11.5 Å². The van der Waals surface area contributed by atoms with Crippen LogP contribution in [0.3, 0.4) is 0 Å². The molecule has 2 aliphatic rings. The van der Waals surface area contributed by atoms with E-state index in [4.69, 9.17) is 4.74 Å². The van der Waals surface area contributed by atoms with E-state index < -0.39 is 6.04 Å². The molecule has 0 spiro atoms. The van der Waals surface area contributed by atoms with Crippen molar-refractivity contribution in [1.29, 1.82) is 0 Å². The van der Waals surface area contributed by atoms with Crippen molar-refractivity contribution in [2.45, 2.75) is 70.5 Å². The molecule has 6 heteroatoms. The Morgan fingerprint density at radius 3 is 2.66 bits per heavy atom. The van der Waals surface area contributed by atoms with Crippen molar-refractivity contribution in [3.05, 3.63) is 59.9 Å². The molecule has 2 aromatic carbocycles. The van der Waals surface area contributed by atoms with E-state index in [9.17, 15) is 14.0 Å². The highest BCUT2D eigenvalue weighted by molar-refractivity contribution is 5.89. The Hall–Kier alpha value is -2.89. The van der Waals surface area contributed by atoms with Crippen LogP contribution in [0.5, 0.6) is 11.5 Å². The first-order valence-corrected chi connectivity index (χ1v) is 11.6. The van der Waals surface area contributed by atoms with Crippen LogP contribution in [-0.2, 0) is 9.59 Å². The minimum absolute atomic E-state index is 0.0245. The van der Waals surface area contributed by atoms with E-state index in [2.05, 4.69) is 5.32 Å². The van der Waals surface area contributed by atoms with Gasteiger partial charge >= 0.3 is 0 Å². The number of carbonyl (C=O) groups is 2. The molecule has 170 valence electrons. The van der Waals surface area contributed by atoms with E-state index in [1.165, 1.54) is 12.1 Å². The second kappa shape index (κ2) is 9.72. The maximum atomic E-state index is 13.5. The molecule has 4 atom stereocenters. The fraction of sp³-hybridized carbons (Fsp3) is 0.462. The predicted molar refractivity (Wildman–Crippen MR) is 121 cm³/mol. The molecule has 32 heavy (non-hydrogen) atoms. The Kier molecular flexibility index (Phi) is 6.77. The molecule has 2 fully saturated rings. The Labute approximate surface area is 188 Å². The lowest BCUT2D eigenvalue weighted by Crippen LogP contribution is -2.50. The van der Waals surface area contributed by atoms with Crippen molar-refractivity contribution >= 4 is 11.8 Å². The van der Waals surface area contributed by atoms with Crippen LogP contribution in [-0.4, -0.2) is 28.8 Å². The highest BCUT2D eigenvalue weighted by Crippen LogP contribution is 2.41. The maximum Gasteiger partial charge on any atom is 0.245 e. The number of rotatable bonds is 6. The largest absolute Gasteiger partial charge is 0.457 e. The molecule has 2 aliphatic heterocycles. The van der Waals surface area contributed by atoms with Gasteiger partial charge in [-0.15, -0.1) is 0 Å². The van der Waals surface area contributed by atoms with Gasteiger partial charge in [0.05, 0.1) is 6.04 Å². The van der Waals surface area contributed by atoms with E-state index in [-0.39, 0.29) is 35.6 Å². The van der Waals surface area contributed by atoms with E-state index in [0.717, 1.165) is 37.7 Å². The summed E-state index contributed by atoms with van der Waals surface area (Å²) in [6.07, 6.45) is 5.19. The third-order valence-corrected chi connectivity index (χ3v) is 6.75. The molecule has 4 rings (SSSR count).